The lowest BCUT2D eigenvalue weighted by atomic mass is 9.50. The number of carbonyl (C=O) groups is 2. The van der Waals surface area contributed by atoms with Crippen molar-refractivity contribution in [2.24, 2.45) is 10.8 Å². The van der Waals surface area contributed by atoms with Crippen LogP contribution in [-0.4, -0.2) is 94.9 Å². The highest BCUT2D eigenvalue weighted by Gasteiger charge is 2.86. The van der Waals surface area contributed by atoms with Gasteiger partial charge < -0.3 is 39.0 Å². The zero-order valence-corrected chi connectivity index (χ0v) is 23.0. The van der Waals surface area contributed by atoms with Gasteiger partial charge in [0.1, 0.15) is 24.4 Å². The topological polar surface area (TPSA) is 148 Å². The number of carbonyl (C=O) groups excluding carboxylic acids is 2. The lowest BCUT2D eigenvalue weighted by molar-refractivity contribution is -0.250. The van der Waals surface area contributed by atoms with Crippen LogP contribution in [0.15, 0.2) is 36.0 Å². The number of aliphatic hydroxyl groups is 3. The second kappa shape index (κ2) is 10.1. The second-order valence-electron chi connectivity index (χ2n) is 12.1. The Morgan fingerprint density at radius 2 is 1.87 bits per heavy atom. The second-order valence-corrected chi connectivity index (χ2v) is 12.1. The molecule has 10 atom stereocenters. The minimum Gasteiger partial charge on any atom is -0.462 e. The zero-order valence-electron chi connectivity index (χ0n) is 23.0. The molecule has 2 saturated carbocycles. The summed E-state index contributed by atoms with van der Waals surface area (Å²) < 4.78 is 30.9. The van der Waals surface area contributed by atoms with Crippen LogP contribution in [0.4, 0.5) is 0 Å². The van der Waals surface area contributed by atoms with E-state index < -0.39 is 46.7 Å². The molecular weight excluding hydrogens is 508 g/mol. The molecule has 3 saturated heterocycles. The first-order chi connectivity index (χ1) is 18.4. The lowest BCUT2D eigenvalue weighted by Crippen LogP contribution is -2.69. The molecule has 216 valence electrons. The zero-order chi connectivity index (χ0) is 28.2. The first kappa shape index (κ1) is 28.4. The van der Waals surface area contributed by atoms with Crippen molar-refractivity contribution in [3.63, 3.8) is 0 Å². The van der Waals surface area contributed by atoms with Crippen LogP contribution in [0.1, 0.15) is 53.4 Å². The number of epoxide rings is 2. The smallest absolute Gasteiger partial charge is 0.331 e. The van der Waals surface area contributed by atoms with Crippen molar-refractivity contribution in [2.45, 2.75) is 101 Å². The summed E-state index contributed by atoms with van der Waals surface area (Å²) in [5.74, 6) is -1.04. The Hall–Kier alpha value is -2.08. The van der Waals surface area contributed by atoms with E-state index in [0.29, 0.717) is 25.9 Å². The van der Waals surface area contributed by atoms with Crippen molar-refractivity contribution >= 4 is 11.9 Å². The summed E-state index contributed by atoms with van der Waals surface area (Å²) in [4.78, 5) is 25.7. The van der Waals surface area contributed by atoms with Crippen LogP contribution >= 0.6 is 0 Å². The summed E-state index contributed by atoms with van der Waals surface area (Å²) in [6.07, 6.45) is 5.97. The van der Waals surface area contributed by atoms with Gasteiger partial charge in [-0.05, 0) is 40.0 Å². The van der Waals surface area contributed by atoms with Gasteiger partial charge in [0.15, 0.2) is 0 Å². The Morgan fingerprint density at radius 3 is 2.54 bits per heavy atom. The molecular formula is C29H40O10. The highest BCUT2D eigenvalue weighted by molar-refractivity contribution is 5.83. The highest BCUT2D eigenvalue weighted by atomic mass is 16.7. The molecule has 0 aromatic carbocycles. The molecule has 10 nitrogen and oxygen atoms in total. The summed E-state index contributed by atoms with van der Waals surface area (Å²) >= 11 is 0. The standard InChI is InChI=1S/C29H40O10/c1-17(9-12-30)13-23(34)35-15-28-11-10-26(3)24(39-26)25(28)38-21-14-20(27(28,4)29(21)16-36-29)37-22(33)8-6-5-7-19(32)18(2)31/h5-8,13,18-21,24-25,30-32H,9-12,14-16H2,1-4H3. The third kappa shape index (κ3) is 4.59. The molecule has 3 heterocycles. The van der Waals surface area contributed by atoms with E-state index in [2.05, 4.69) is 13.8 Å². The van der Waals surface area contributed by atoms with Crippen molar-refractivity contribution < 1.29 is 48.6 Å². The summed E-state index contributed by atoms with van der Waals surface area (Å²) in [5, 5.41) is 28.3. The van der Waals surface area contributed by atoms with Crippen molar-refractivity contribution in [3.8, 4) is 0 Å². The number of aliphatic hydroxyl groups excluding tert-OH is 3. The minimum absolute atomic E-state index is 0.0508. The minimum atomic E-state index is -1.04. The normalized spacial score (nSPS) is 43.7. The van der Waals surface area contributed by atoms with Gasteiger partial charge in [-0.1, -0.05) is 30.7 Å². The Kier molecular flexibility index (Phi) is 7.35. The number of rotatable bonds is 10. The van der Waals surface area contributed by atoms with Crippen molar-refractivity contribution in [1.29, 1.82) is 0 Å². The maximum atomic E-state index is 12.9. The lowest BCUT2D eigenvalue weighted by Gasteiger charge is -2.58. The summed E-state index contributed by atoms with van der Waals surface area (Å²) in [5.41, 5.74) is -1.61. The maximum Gasteiger partial charge on any atom is 0.331 e. The van der Waals surface area contributed by atoms with Crippen molar-refractivity contribution in [3.05, 3.63) is 36.0 Å². The molecule has 2 bridgehead atoms. The Labute approximate surface area is 228 Å². The molecule has 0 radical (unpaired) electrons. The van der Waals surface area contributed by atoms with Crippen LogP contribution < -0.4 is 0 Å². The van der Waals surface area contributed by atoms with Gasteiger partial charge in [0.25, 0.3) is 0 Å². The van der Waals surface area contributed by atoms with Crippen molar-refractivity contribution in [1.82, 2.24) is 0 Å². The molecule has 5 aliphatic rings. The van der Waals surface area contributed by atoms with E-state index in [1.807, 2.05) is 0 Å². The molecule has 10 heteroatoms. The molecule has 3 aliphatic heterocycles. The van der Waals surface area contributed by atoms with Crippen LogP contribution in [0.3, 0.4) is 0 Å². The molecule has 2 aliphatic carbocycles. The Balaban J connectivity index is 1.40. The first-order valence-electron chi connectivity index (χ1n) is 13.8. The Bertz CT molecular complexity index is 1080. The molecule has 0 amide bonds. The van der Waals surface area contributed by atoms with E-state index in [1.54, 1.807) is 6.92 Å². The average molecular weight is 549 g/mol. The Morgan fingerprint density at radius 1 is 1.13 bits per heavy atom. The molecule has 39 heavy (non-hydrogen) atoms. The number of fused-ring (bicyclic) bond motifs is 4. The molecule has 0 aromatic rings. The predicted molar refractivity (Wildman–Crippen MR) is 137 cm³/mol. The van der Waals surface area contributed by atoms with Crippen LogP contribution in [0, 0.1) is 10.8 Å². The molecule has 10 unspecified atom stereocenters. The van der Waals surface area contributed by atoms with E-state index in [0.717, 1.165) is 12.0 Å². The van der Waals surface area contributed by atoms with Gasteiger partial charge in [0.05, 0.1) is 42.0 Å². The molecule has 1 spiro atoms. The fourth-order valence-corrected chi connectivity index (χ4v) is 7.19. The first-order valence-corrected chi connectivity index (χ1v) is 13.8. The van der Waals surface area contributed by atoms with Crippen LogP contribution in [-0.2, 0) is 33.3 Å². The molecule has 3 N–H and O–H groups in total. The van der Waals surface area contributed by atoms with Gasteiger partial charge in [0, 0.05) is 30.6 Å². The monoisotopic (exact) mass is 548 g/mol. The number of hydrogen-bond donors (Lipinski definition) is 3. The van der Waals surface area contributed by atoms with Gasteiger partial charge >= 0.3 is 11.9 Å². The van der Waals surface area contributed by atoms with Gasteiger partial charge in [-0.15, -0.1) is 0 Å². The molecule has 0 aromatic heterocycles. The third-order valence-corrected chi connectivity index (χ3v) is 9.85. The summed E-state index contributed by atoms with van der Waals surface area (Å²) in [7, 11) is 0. The highest BCUT2D eigenvalue weighted by Crippen LogP contribution is 2.75. The van der Waals surface area contributed by atoms with E-state index in [9.17, 15) is 24.9 Å². The quantitative estimate of drug-likeness (QED) is 0.159. The van der Waals surface area contributed by atoms with Crippen LogP contribution in [0.2, 0.25) is 0 Å². The number of allylic oxidation sites excluding steroid dienone is 2. The van der Waals surface area contributed by atoms with Gasteiger partial charge in [-0.3, -0.25) is 0 Å². The van der Waals surface area contributed by atoms with E-state index in [4.69, 9.17) is 23.7 Å². The predicted octanol–water partition coefficient (Wildman–Crippen LogP) is 1.51. The van der Waals surface area contributed by atoms with Crippen molar-refractivity contribution in [2.75, 3.05) is 19.8 Å². The fraction of sp³-hybridized carbons (Fsp3) is 0.724. The van der Waals surface area contributed by atoms with Crippen LogP contribution in [0.5, 0.6) is 0 Å². The molecule has 5 fully saturated rings. The van der Waals surface area contributed by atoms with E-state index in [1.165, 1.54) is 37.3 Å². The van der Waals surface area contributed by atoms with Gasteiger partial charge in [-0.25, -0.2) is 9.59 Å². The number of ether oxygens (including phenoxy) is 5. The summed E-state index contributed by atoms with van der Waals surface area (Å²) in [6, 6.07) is 0. The van der Waals surface area contributed by atoms with Gasteiger partial charge in [-0.2, -0.15) is 0 Å². The van der Waals surface area contributed by atoms with E-state index >= 15 is 0 Å². The van der Waals surface area contributed by atoms with Crippen LogP contribution in [0.25, 0.3) is 0 Å². The number of hydrogen-bond acceptors (Lipinski definition) is 10. The van der Waals surface area contributed by atoms with Gasteiger partial charge in [0.2, 0.25) is 0 Å². The third-order valence-electron chi connectivity index (χ3n) is 9.85. The molecule has 5 rings (SSSR count). The fourth-order valence-electron chi connectivity index (χ4n) is 7.19. The largest absolute Gasteiger partial charge is 0.462 e. The number of esters is 2. The SMILES string of the molecule is CC(=CC(=O)OCC12CCC3(C)OC3C1OC1CC(OC(=O)C=CC=CC(O)C(C)O)C2(C)C12CO2)CCO. The van der Waals surface area contributed by atoms with E-state index in [-0.39, 0.29) is 37.1 Å². The average Bonchev–Trinajstić information content (AvgIpc) is 3.78. The summed E-state index contributed by atoms with van der Waals surface area (Å²) in [6.45, 7) is 7.87. The maximum absolute atomic E-state index is 12.9.